The van der Waals surface area contributed by atoms with E-state index in [0.717, 1.165) is 42.2 Å². The standard InChI is InChI=1S/C18H22N4O2S/c23-14-3-4-22(10-14)17-9-16(19-11-20-17)12-6-13(7-12)21-18(24)8-15-2-1-5-25-15/h1-2,5,9,11-14,23H,3-4,6-8,10H2,(H,21,24)/t12?,13?,14-/m1/s1. The molecule has 4 rings (SSSR count). The maximum atomic E-state index is 12.1. The van der Waals surface area contributed by atoms with Gasteiger partial charge in [0, 0.05) is 41.7 Å². The SMILES string of the molecule is O=C(Cc1cccs1)NC1CC(c2cc(N3CC[C@@H](O)C3)ncn2)C1. The van der Waals surface area contributed by atoms with Crippen LogP contribution in [0.1, 0.15) is 35.8 Å². The molecule has 0 bridgehead atoms. The lowest BCUT2D eigenvalue weighted by Gasteiger charge is -2.35. The highest BCUT2D eigenvalue weighted by molar-refractivity contribution is 7.10. The van der Waals surface area contributed by atoms with Crippen molar-refractivity contribution < 1.29 is 9.90 Å². The van der Waals surface area contributed by atoms with E-state index in [1.54, 1.807) is 17.7 Å². The molecular formula is C18H22N4O2S. The first-order valence-corrected chi connectivity index (χ1v) is 9.62. The zero-order valence-electron chi connectivity index (χ0n) is 14.0. The molecule has 7 heteroatoms. The van der Waals surface area contributed by atoms with Gasteiger partial charge in [-0.1, -0.05) is 6.07 Å². The summed E-state index contributed by atoms with van der Waals surface area (Å²) in [4.78, 5) is 24.0. The van der Waals surface area contributed by atoms with Crippen molar-refractivity contribution in [3.8, 4) is 0 Å². The molecule has 1 atom stereocenters. The Morgan fingerprint density at radius 1 is 1.40 bits per heavy atom. The summed E-state index contributed by atoms with van der Waals surface area (Å²) in [6.07, 6.45) is 4.46. The van der Waals surface area contributed by atoms with E-state index in [1.807, 2.05) is 23.6 Å². The van der Waals surface area contributed by atoms with E-state index < -0.39 is 0 Å². The van der Waals surface area contributed by atoms with Crippen LogP contribution in [0.3, 0.4) is 0 Å². The van der Waals surface area contributed by atoms with Gasteiger partial charge in [0.15, 0.2) is 0 Å². The zero-order chi connectivity index (χ0) is 17.2. The van der Waals surface area contributed by atoms with Crippen LogP contribution in [0, 0.1) is 0 Å². The van der Waals surface area contributed by atoms with Crippen molar-refractivity contribution in [2.24, 2.45) is 0 Å². The van der Waals surface area contributed by atoms with E-state index in [2.05, 4.69) is 20.2 Å². The van der Waals surface area contributed by atoms with Crippen molar-refractivity contribution in [3.63, 3.8) is 0 Å². The molecule has 2 aliphatic rings. The summed E-state index contributed by atoms with van der Waals surface area (Å²) in [6.45, 7) is 1.48. The van der Waals surface area contributed by atoms with Gasteiger partial charge in [0.2, 0.25) is 5.91 Å². The topological polar surface area (TPSA) is 78.4 Å². The monoisotopic (exact) mass is 358 g/mol. The van der Waals surface area contributed by atoms with Crippen LogP contribution >= 0.6 is 11.3 Å². The minimum absolute atomic E-state index is 0.0975. The number of carbonyl (C=O) groups is 1. The number of thiophene rings is 1. The Morgan fingerprint density at radius 3 is 3.00 bits per heavy atom. The molecule has 1 aliphatic heterocycles. The number of nitrogens with one attached hydrogen (secondary N) is 1. The average molecular weight is 358 g/mol. The number of aliphatic hydroxyl groups is 1. The molecular weight excluding hydrogens is 336 g/mol. The number of hydrogen-bond acceptors (Lipinski definition) is 6. The van der Waals surface area contributed by atoms with E-state index >= 15 is 0 Å². The summed E-state index contributed by atoms with van der Waals surface area (Å²) in [7, 11) is 0. The van der Waals surface area contributed by atoms with Gasteiger partial charge in [-0.15, -0.1) is 11.3 Å². The van der Waals surface area contributed by atoms with Crippen molar-refractivity contribution in [2.75, 3.05) is 18.0 Å². The van der Waals surface area contributed by atoms with Gasteiger partial charge < -0.3 is 15.3 Å². The van der Waals surface area contributed by atoms with Gasteiger partial charge >= 0.3 is 0 Å². The van der Waals surface area contributed by atoms with Crippen LogP contribution in [-0.4, -0.2) is 46.2 Å². The zero-order valence-corrected chi connectivity index (χ0v) is 14.8. The second kappa shape index (κ2) is 7.09. The molecule has 2 aromatic rings. The van der Waals surface area contributed by atoms with Crippen molar-refractivity contribution in [1.82, 2.24) is 15.3 Å². The Bertz CT molecular complexity index is 730. The number of anilines is 1. The normalized spacial score (nSPS) is 25.6. The van der Waals surface area contributed by atoms with Gasteiger partial charge in [-0.25, -0.2) is 9.97 Å². The van der Waals surface area contributed by atoms with Crippen LogP contribution in [0.15, 0.2) is 29.9 Å². The average Bonchev–Trinajstić information content (AvgIpc) is 3.22. The molecule has 2 aromatic heterocycles. The maximum Gasteiger partial charge on any atom is 0.225 e. The van der Waals surface area contributed by atoms with E-state index in [9.17, 15) is 9.90 Å². The molecule has 25 heavy (non-hydrogen) atoms. The van der Waals surface area contributed by atoms with Gasteiger partial charge in [0.05, 0.1) is 12.5 Å². The Kier molecular flexibility index (Phi) is 4.67. The molecule has 1 amide bonds. The van der Waals surface area contributed by atoms with Crippen LogP contribution in [0.2, 0.25) is 0 Å². The molecule has 1 saturated heterocycles. The number of carbonyl (C=O) groups excluding carboxylic acids is 1. The Hall–Kier alpha value is -1.99. The lowest BCUT2D eigenvalue weighted by atomic mass is 9.78. The number of amides is 1. The first-order chi connectivity index (χ1) is 12.2. The van der Waals surface area contributed by atoms with Crippen LogP contribution in [0.25, 0.3) is 0 Å². The third kappa shape index (κ3) is 3.82. The molecule has 1 saturated carbocycles. The molecule has 3 heterocycles. The van der Waals surface area contributed by atoms with Gasteiger partial charge in [-0.2, -0.15) is 0 Å². The highest BCUT2D eigenvalue weighted by Crippen LogP contribution is 2.36. The van der Waals surface area contributed by atoms with Crippen molar-refractivity contribution in [3.05, 3.63) is 40.5 Å². The molecule has 6 nitrogen and oxygen atoms in total. The van der Waals surface area contributed by atoms with Crippen molar-refractivity contribution in [2.45, 2.75) is 43.7 Å². The van der Waals surface area contributed by atoms with E-state index in [4.69, 9.17) is 0 Å². The smallest absolute Gasteiger partial charge is 0.225 e. The molecule has 0 radical (unpaired) electrons. The van der Waals surface area contributed by atoms with Gasteiger partial charge in [-0.3, -0.25) is 4.79 Å². The number of hydrogen-bond donors (Lipinski definition) is 2. The molecule has 0 aromatic carbocycles. The summed E-state index contributed by atoms with van der Waals surface area (Å²) in [5.41, 5.74) is 1.04. The van der Waals surface area contributed by atoms with Crippen LogP contribution in [0.5, 0.6) is 0 Å². The fourth-order valence-electron chi connectivity index (χ4n) is 3.53. The fourth-order valence-corrected chi connectivity index (χ4v) is 4.24. The second-order valence-corrected chi connectivity index (χ2v) is 7.91. The largest absolute Gasteiger partial charge is 0.391 e. The predicted molar refractivity (Wildman–Crippen MR) is 96.8 cm³/mol. The summed E-state index contributed by atoms with van der Waals surface area (Å²) in [5, 5.41) is 14.8. The predicted octanol–water partition coefficient (Wildman–Crippen LogP) is 1.71. The number of aliphatic hydroxyl groups excluding tert-OH is 1. The Morgan fingerprint density at radius 2 is 2.28 bits per heavy atom. The summed E-state index contributed by atoms with van der Waals surface area (Å²) < 4.78 is 0. The quantitative estimate of drug-likeness (QED) is 0.851. The molecule has 0 unspecified atom stereocenters. The highest BCUT2D eigenvalue weighted by Gasteiger charge is 2.33. The molecule has 1 aliphatic carbocycles. The minimum Gasteiger partial charge on any atom is -0.391 e. The number of aromatic nitrogens is 2. The fraction of sp³-hybridized carbons (Fsp3) is 0.500. The summed E-state index contributed by atoms with van der Waals surface area (Å²) in [6, 6.07) is 6.24. The summed E-state index contributed by atoms with van der Waals surface area (Å²) >= 11 is 1.61. The van der Waals surface area contributed by atoms with Gasteiger partial charge in [-0.05, 0) is 30.7 Å². The molecule has 2 fully saturated rings. The maximum absolute atomic E-state index is 12.1. The molecule has 0 spiro atoms. The first kappa shape index (κ1) is 16.5. The molecule has 132 valence electrons. The highest BCUT2D eigenvalue weighted by atomic mass is 32.1. The van der Waals surface area contributed by atoms with Crippen molar-refractivity contribution in [1.29, 1.82) is 0 Å². The van der Waals surface area contributed by atoms with Crippen LogP contribution in [0.4, 0.5) is 5.82 Å². The Balaban J connectivity index is 1.29. The van der Waals surface area contributed by atoms with Crippen LogP contribution < -0.4 is 10.2 Å². The lowest BCUT2D eigenvalue weighted by molar-refractivity contribution is -0.121. The summed E-state index contributed by atoms with van der Waals surface area (Å²) in [5.74, 6) is 1.37. The lowest BCUT2D eigenvalue weighted by Crippen LogP contribution is -2.44. The van der Waals surface area contributed by atoms with Gasteiger partial charge in [0.25, 0.3) is 0 Å². The van der Waals surface area contributed by atoms with Gasteiger partial charge in [0.1, 0.15) is 12.1 Å². The van der Waals surface area contributed by atoms with E-state index in [-0.39, 0.29) is 18.1 Å². The van der Waals surface area contributed by atoms with Crippen molar-refractivity contribution >= 4 is 23.1 Å². The third-order valence-corrected chi connectivity index (χ3v) is 5.87. The van der Waals surface area contributed by atoms with E-state index in [1.165, 1.54) is 0 Å². The number of β-amino-alcohol motifs (C(OH)–C–C–N with tert-alkyl or cyclic N) is 1. The third-order valence-electron chi connectivity index (χ3n) is 5.00. The minimum atomic E-state index is -0.259. The molecule has 2 N–H and O–H groups in total. The number of nitrogens with zero attached hydrogens (tertiary/aromatic N) is 3. The van der Waals surface area contributed by atoms with Crippen LogP contribution in [-0.2, 0) is 11.2 Å². The first-order valence-electron chi connectivity index (χ1n) is 8.74. The van der Waals surface area contributed by atoms with E-state index in [0.29, 0.717) is 18.9 Å². The Labute approximate surface area is 150 Å². The number of rotatable bonds is 5. The second-order valence-electron chi connectivity index (χ2n) is 6.88.